The lowest BCUT2D eigenvalue weighted by Crippen LogP contribution is -2.33. The van der Waals surface area contributed by atoms with Crippen LogP contribution in [0.25, 0.3) is 0 Å². The van der Waals surface area contributed by atoms with Gasteiger partial charge in [0.2, 0.25) is 12.3 Å². The molecule has 0 saturated carbocycles. The van der Waals surface area contributed by atoms with E-state index in [2.05, 4.69) is 16.1 Å². The first-order chi connectivity index (χ1) is 14.1. The third kappa shape index (κ3) is 10.7. The number of nitrogens with one attached hydrogen (secondary N) is 3. The monoisotopic (exact) mass is 407 g/mol. The van der Waals surface area contributed by atoms with Crippen LogP contribution in [0.4, 0.5) is 5.69 Å². The van der Waals surface area contributed by atoms with Gasteiger partial charge in [-0.05, 0) is 38.4 Å². The SMILES string of the molecule is CN(Cc1c(C=O)cccc1NC(=O)CCNCCCOCCCCN)NC=O. The summed E-state index contributed by atoms with van der Waals surface area (Å²) in [5.41, 5.74) is 9.59. The first-order valence-corrected chi connectivity index (χ1v) is 9.88. The molecule has 0 aliphatic rings. The Morgan fingerprint density at radius 2 is 1.97 bits per heavy atom. The third-order valence-electron chi connectivity index (χ3n) is 4.20. The van der Waals surface area contributed by atoms with Crippen LogP contribution in [0.5, 0.6) is 0 Å². The standard InChI is InChI=1S/C20H33N5O4/c1-25(23-16-27)14-18-17(15-26)6-4-7-19(18)24-20(28)8-11-22-10-5-13-29-12-3-2-9-21/h4,6-7,15-16,22H,2-3,5,8-14,21H2,1H3,(H,23,27)(H,24,28). The average Bonchev–Trinajstić information content (AvgIpc) is 2.70. The zero-order valence-corrected chi connectivity index (χ0v) is 17.1. The van der Waals surface area contributed by atoms with Gasteiger partial charge in [-0.1, -0.05) is 12.1 Å². The highest BCUT2D eigenvalue weighted by atomic mass is 16.5. The molecule has 1 aromatic carbocycles. The zero-order valence-electron chi connectivity index (χ0n) is 17.1. The number of anilines is 1. The number of benzene rings is 1. The molecule has 5 N–H and O–H groups in total. The van der Waals surface area contributed by atoms with Crippen molar-refractivity contribution in [3.8, 4) is 0 Å². The van der Waals surface area contributed by atoms with E-state index in [4.69, 9.17) is 10.5 Å². The Bertz CT molecular complexity index is 627. The van der Waals surface area contributed by atoms with Gasteiger partial charge in [0.1, 0.15) is 6.29 Å². The van der Waals surface area contributed by atoms with E-state index < -0.39 is 0 Å². The van der Waals surface area contributed by atoms with Gasteiger partial charge >= 0.3 is 0 Å². The van der Waals surface area contributed by atoms with Crippen molar-refractivity contribution in [3.63, 3.8) is 0 Å². The van der Waals surface area contributed by atoms with Gasteiger partial charge in [0, 0.05) is 56.6 Å². The van der Waals surface area contributed by atoms with Crippen LogP contribution in [0.1, 0.15) is 41.6 Å². The number of carbonyl (C=O) groups excluding carboxylic acids is 3. The Morgan fingerprint density at radius 3 is 2.69 bits per heavy atom. The van der Waals surface area contributed by atoms with E-state index in [9.17, 15) is 14.4 Å². The minimum absolute atomic E-state index is 0.147. The fraction of sp³-hybridized carbons (Fsp3) is 0.550. The van der Waals surface area contributed by atoms with E-state index >= 15 is 0 Å². The number of hydrazine groups is 1. The number of ether oxygens (including phenoxy) is 1. The molecule has 0 aliphatic heterocycles. The van der Waals surface area contributed by atoms with Crippen LogP contribution in [-0.2, 0) is 20.9 Å². The normalized spacial score (nSPS) is 10.7. The van der Waals surface area contributed by atoms with Crippen molar-refractivity contribution in [2.45, 2.75) is 32.2 Å². The Kier molecular flexibility index (Phi) is 13.3. The summed E-state index contributed by atoms with van der Waals surface area (Å²) in [7, 11) is 1.67. The van der Waals surface area contributed by atoms with Crippen molar-refractivity contribution in [2.75, 3.05) is 45.2 Å². The maximum atomic E-state index is 12.3. The number of nitrogens with two attached hydrogens (primary N) is 1. The number of nitrogens with zero attached hydrogens (tertiary/aromatic N) is 1. The van der Waals surface area contributed by atoms with E-state index in [1.165, 1.54) is 5.01 Å². The van der Waals surface area contributed by atoms with E-state index in [1.54, 1.807) is 25.2 Å². The van der Waals surface area contributed by atoms with E-state index in [1.807, 2.05) is 0 Å². The Balaban J connectivity index is 2.36. The quantitative estimate of drug-likeness (QED) is 0.170. The second-order valence-electron chi connectivity index (χ2n) is 6.60. The lowest BCUT2D eigenvalue weighted by Gasteiger charge is -2.19. The van der Waals surface area contributed by atoms with Gasteiger partial charge < -0.3 is 21.1 Å². The second kappa shape index (κ2) is 15.6. The van der Waals surface area contributed by atoms with Gasteiger partial charge in [-0.2, -0.15) is 0 Å². The molecule has 0 saturated heterocycles. The first-order valence-electron chi connectivity index (χ1n) is 9.88. The highest BCUT2D eigenvalue weighted by Gasteiger charge is 2.12. The summed E-state index contributed by atoms with van der Waals surface area (Å²) in [5.74, 6) is -0.147. The van der Waals surface area contributed by atoms with Gasteiger partial charge in [-0.3, -0.25) is 19.8 Å². The molecule has 1 aromatic rings. The minimum atomic E-state index is -0.147. The van der Waals surface area contributed by atoms with Gasteiger partial charge in [0.05, 0.1) is 0 Å². The van der Waals surface area contributed by atoms with Crippen molar-refractivity contribution in [1.29, 1.82) is 0 Å². The third-order valence-corrected chi connectivity index (χ3v) is 4.20. The summed E-state index contributed by atoms with van der Waals surface area (Å²) in [6.45, 7) is 3.73. The molecule has 0 aromatic heterocycles. The summed E-state index contributed by atoms with van der Waals surface area (Å²) >= 11 is 0. The predicted molar refractivity (Wildman–Crippen MR) is 112 cm³/mol. The first kappa shape index (κ1) is 24.7. The average molecular weight is 408 g/mol. The fourth-order valence-electron chi connectivity index (χ4n) is 2.67. The number of unbranched alkanes of at least 4 members (excludes halogenated alkanes) is 1. The largest absolute Gasteiger partial charge is 0.381 e. The lowest BCUT2D eigenvalue weighted by atomic mass is 10.1. The molecular formula is C20H33N5O4. The number of carbonyl (C=O) groups is 3. The van der Waals surface area contributed by atoms with Crippen molar-refractivity contribution >= 4 is 24.3 Å². The van der Waals surface area contributed by atoms with Gasteiger partial charge in [-0.15, -0.1) is 0 Å². The fourth-order valence-corrected chi connectivity index (χ4v) is 2.67. The van der Waals surface area contributed by atoms with Crippen molar-refractivity contribution < 1.29 is 19.1 Å². The molecule has 2 amide bonds. The summed E-state index contributed by atoms with van der Waals surface area (Å²) in [6.07, 6.45) is 4.45. The van der Waals surface area contributed by atoms with Crippen LogP contribution < -0.4 is 21.8 Å². The molecule has 162 valence electrons. The minimum Gasteiger partial charge on any atom is -0.381 e. The van der Waals surface area contributed by atoms with E-state index in [0.717, 1.165) is 38.7 Å². The Morgan fingerprint density at radius 1 is 1.17 bits per heavy atom. The van der Waals surface area contributed by atoms with Crippen molar-refractivity contribution in [2.24, 2.45) is 5.73 Å². The summed E-state index contributed by atoms with van der Waals surface area (Å²) in [4.78, 5) is 34.2. The molecule has 9 heteroatoms. The summed E-state index contributed by atoms with van der Waals surface area (Å²) in [5, 5.41) is 7.60. The second-order valence-corrected chi connectivity index (χ2v) is 6.60. The molecule has 0 atom stereocenters. The summed E-state index contributed by atoms with van der Waals surface area (Å²) < 4.78 is 5.49. The number of rotatable bonds is 17. The highest BCUT2D eigenvalue weighted by Crippen LogP contribution is 2.20. The van der Waals surface area contributed by atoms with Crippen LogP contribution in [0.3, 0.4) is 0 Å². The smallest absolute Gasteiger partial charge is 0.225 e. The van der Waals surface area contributed by atoms with Crippen molar-refractivity contribution in [3.05, 3.63) is 29.3 Å². The molecule has 0 heterocycles. The number of amides is 2. The maximum absolute atomic E-state index is 12.3. The number of hydrogen-bond donors (Lipinski definition) is 4. The van der Waals surface area contributed by atoms with E-state index in [-0.39, 0.29) is 12.5 Å². The number of aldehydes is 1. The molecule has 0 bridgehead atoms. The molecule has 29 heavy (non-hydrogen) atoms. The van der Waals surface area contributed by atoms with Gasteiger partial charge in [0.25, 0.3) is 0 Å². The van der Waals surface area contributed by atoms with Crippen LogP contribution in [0.2, 0.25) is 0 Å². The molecule has 0 fully saturated rings. The molecule has 9 nitrogen and oxygen atoms in total. The Hall–Kier alpha value is -2.33. The van der Waals surface area contributed by atoms with E-state index in [0.29, 0.717) is 49.3 Å². The maximum Gasteiger partial charge on any atom is 0.225 e. The molecule has 1 rings (SSSR count). The van der Waals surface area contributed by atoms with Crippen LogP contribution >= 0.6 is 0 Å². The lowest BCUT2D eigenvalue weighted by molar-refractivity contribution is -0.116. The molecular weight excluding hydrogens is 374 g/mol. The van der Waals surface area contributed by atoms with Crippen LogP contribution in [-0.4, -0.2) is 63.5 Å². The van der Waals surface area contributed by atoms with Gasteiger partial charge in [-0.25, -0.2) is 5.01 Å². The molecule has 0 unspecified atom stereocenters. The molecule has 0 spiro atoms. The topological polar surface area (TPSA) is 126 Å². The predicted octanol–water partition coefficient (Wildman–Crippen LogP) is 0.656. The number of hydrogen-bond acceptors (Lipinski definition) is 7. The summed E-state index contributed by atoms with van der Waals surface area (Å²) in [6, 6.07) is 5.12. The molecule has 0 aliphatic carbocycles. The Labute approximate surface area is 172 Å². The van der Waals surface area contributed by atoms with Gasteiger partial charge in [0.15, 0.2) is 0 Å². The zero-order chi connectivity index (χ0) is 21.3. The van der Waals surface area contributed by atoms with Crippen molar-refractivity contribution in [1.82, 2.24) is 15.8 Å². The van der Waals surface area contributed by atoms with Crippen LogP contribution in [0, 0.1) is 0 Å². The van der Waals surface area contributed by atoms with Crippen LogP contribution in [0.15, 0.2) is 18.2 Å². The highest BCUT2D eigenvalue weighted by molar-refractivity contribution is 5.93. The molecule has 0 radical (unpaired) electrons.